The number of hydrogen-bond donors (Lipinski definition) is 2. The third-order valence-electron chi connectivity index (χ3n) is 14.1. The Kier molecular flexibility index (Phi) is 12.1. The third-order valence-corrected chi connectivity index (χ3v) is 14.1. The van der Waals surface area contributed by atoms with Crippen LogP contribution < -0.4 is 5.32 Å². The summed E-state index contributed by atoms with van der Waals surface area (Å²) in [7, 11) is 5.37. The van der Waals surface area contributed by atoms with E-state index in [9.17, 15) is 9.90 Å². The minimum Gasteiger partial charge on any atom is -0.390 e. The van der Waals surface area contributed by atoms with Crippen LogP contribution in [-0.4, -0.2) is 136 Å². The Morgan fingerprint density at radius 3 is 2.43 bits per heavy atom. The fourth-order valence-corrected chi connectivity index (χ4v) is 11.2. The van der Waals surface area contributed by atoms with Crippen molar-refractivity contribution in [3.05, 3.63) is 24.3 Å². The van der Waals surface area contributed by atoms with Gasteiger partial charge < -0.3 is 53.1 Å². The summed E-state index contributed by atoms with van der Waals surface area (Å²) in [6.45, 7) is 11.9. The molecule has 0 aromatic heterocycles. The molecule has 18 atom stereocenters. The lowest BCUT2D eigenvalue weighted by atomic mass is 9.81. The van der Waals surface area contributed by atoms with E-state index >= 15 is 0 Å². The van der Waals surface area contributed by atoms with E-state index in [1.165, 1.54) is 0 Å². The van der Waals surface area contributed by atoms with Gasteiger partial charge in [0.05, 0.1) is 79.4 Å². The fraction of sp³-hybridized carbons (Fsp3) is 0.881. The molecule has 8 heterocycles. The van der Waals surface area contributed by atoms with Crippen LogP contribution >= 0.6 is 0 Å². The van der Waals surface area contributed by atoms with Gasteiger partial charge in [0.25, 0.3) is 0 Å². The van der Waals surface area contributed by atoms with Crippen molar-refractivity contribution in [2.45, 2.75) is 194 Å². The first-order chi connectivity index (χ1) is 26.0. The van der Waals surface area contributed by atoms with Crippen LogP contribution in [0.15, 0.2) is 24.3 Å². The summed E-state index contributed by atoms with van der Waals surface area (Å²) in [4.78, 5) is 14.1. The zero-order chi connectivity index (χ0) is 37.7. The van der Waals surface area contributed by atoms with Gasteiger partial charge in [0.2, 0.25) is 0 Å². The van der Waals surface area contributed by atoms with Crippen LogP contribution in [0.25, 0.3) is 0 Å². The number of ether oxygens (including phenoxy) is 9. The highest BCUT2D eigenvalue weighted by molar-refractivity contribution is 5.79. The molecule has 12 heteroatoms. The maximum Gasteiger partial charge on any atom is 0.172 e. The summed E-state index contributed by atoms with van der Waals surface area (Å²) in [5, 5.41) is 14.4. The third kappa shape index (κ3) is 8.06. The maximum atomic E-state index is 14.1. The van der Waals surface area contributed by atoms with Crippen molar-refractivity contribution < 1.29 is 52.5 Å². The lowest BCUT2D eigenvalue weighted by Crippen LogP contribution is -2.58. The highest BCUT2D eigenvalue weighted by atomic mass is 16.7. The van der Waals surface area contributed by atoms with Gasteiger partial charge in [-0.3, -0.25) is 4.79 Å². The van der Waals surface area contributed by atoms with Crippen LogP contribution in [0.1, 0.15) is 96.8 Å². The summed E-state index contributed by atoms with van der Waals surface area (Å²) in [5.74, 6) is -0.654. The summed E-state index contributed by atoms with van der Waals surface area (Å²) >= 11 is 0. The summed E-state index contributed by atoms with van der Waals surface area (Å²) in [6.07, 6.45) is 5.79. The molecule has 0 amide bonds. The quantitative estimate of drug-likeness (QED) is 0.374. The smallest absolute Gasteiger partial charge is 0.172 e. The van der Waals surface area contributed by atoms with Crippen LogP contribution in [0, 0.1) is 11.8 Å². The normalized spacial score (nSPS) is 48.9. The highest BCUT2D eigenvalue weighted by Crippen LogP contribution is 2.49. The van der Waals surface area contributed by atoms with Crippen molar-refractivity contribution in [3.63, 3.8) is 0 Å². The predicted molar refractivity (Wildman–Crippen MR) is 198 cm³/mol. The molecule has 0 radical (unpaired) electrons. The number of ketones is 1. The maximum absolute atomic E-state index is 14.1. The topological polar surface area (TPSA) is 132 Å². The van der Waals surface area contributed by atoms with Gasteiger partial charge in [0.15, 0.2) is 5.79 Å². The molecule has 8 rings (SSSR count). The first kappa shape index (κ1) is 39.5. The lowest BCUT2D eigenvalue weighted by Gasteiger charge is -2.47. The Labute approximate surface area is 321 Å². The van der Waals surface area contributed by atoms with Gasteiger partial charge in [-0.2, -0.15) is 0 Å². The Morgan fingerprint density at radius 2 is 1.63 bits per heavy atom. The van der Waals surface area contributed by atoms with Crippen molar-refractivity contribution in [1.29, 1.82) is 0 Å². The van der Waals surface area contributed by atoms with Crippen LogP contribution in [0.3, 0.4) is 0 Å². The molecule has 0 aromatic carbocycles. The molecular formula is C42H65NO11. The highest BCUT2D eigenvalue weighted by Gasteiger charge is 2.59. The zero-order valence-electron chi connectivity index (χ0n) is 32.9. The molecule has 8 aliphatic heterocycles. The van der Waals surface area contributed by atoms with Crippen LogP contribution in [-0.2, 0) is 47.4 Å². The molecule has 0 aromatic rings. The van der Waals surface area contributed by atoms with Gasteiger partial charge in [-0.1, -0.05) is 20.1 Å². The van der Waals surface area contributed by atoms with E-state index < -0.39 is 18.0 Å². The number of carbonyl (C=O) groups excluding carboxylic acids is 1. The van der Waals surface area contributed by atoms with E-state index in [0.717, 1.165) is 49.7 Å². The Balaban J connectivity index is 1.06. The molecule has 0 aliphatic carbocycles. The van der Waals surface area contributed by atoms with Crippen LogP contribution in [0.4, 0.5) is 0 Å². The number of aliphatic hydroxyl groups is 1. The van der Waals surface area contributed by atoms with Gasteiger partial charge in [-0.05, 0) is 69.1 Å². The van der Waals surface area contributed by atoms with E-state index in [1.807, 2.05) is 7.05 Å². The van der Waals surface area contributed by atoms with Crippen molar-refractivity contribution in [3.8, 4) is 0 Å². The molecular weight excluding hydrogens is 694 g/mol. The monoisotopic (exact) mass is 759 g/mol. The lowest BCUT2D eigenvalue weighted by molar-refractivity contribution is -0.277. The number of carbonyl (C=O) groups is 1. The van der Waals surface area contributed by atoms with E-state index in [1.54, 1.807) is 14.2 Å². The number of methoxy groups -OCH3 is 2. The van der Waals surface area contributed by atoms with Crippen molar-refractivity contribution in [1.82, 2.24) is 5.32 Å². The first-order valence-corrected chi connectivity index (χ1v) is 20.9. The van der Waals surface area contributed by atoms with Gasteiger partial charge in [-0.25, -0.2) is 0 Å². The Bertz CT molecular complexity index is 1360. The fourth-order valence-electron chi connectivity index (χ4n) is 11.2. The average Bonchev–Trinajstić information content (AvgIpc) is 3.75. The minimum atomic E-state index is -0.935. The van der Waals surface area contributed by atoms with E-state index in [0.29, 0.717) is 63.8 Å². The predicted octanol–water partition coefficient (Wildman–Crippen LogP) is 4.34. The van der Waals surface area contributed by atoms with Crippen molar-refractivity contribution in [2.75, 3.05) is 27.8 Å². The SMILES string of the molecule is C=C1C[C@@H]2CC[C@]34C[C@@H](O)[C@H](O3)C3C[C@@H](O4)[C@H]4O[C@H](CC[C@@H]4O3)CC(=O)C[C@@H]3[C@@H](OC)[C@@H](C[C@@H](CNC)OC)O[C@H]3C[C@H]3O[C@@H](CC[C@@H]1O2)C[C@@H](C)C3=C. The van der Waals surface area contributed by atoms with Gasteiger partial charge in [0.1, 0.15) is 18.0 Å². The second-order valence-electron chi connectivity index (χ2n) is 17.8. The number of rotatable bonds is 6. The van der Waals surface area contributed by atoms with Gasteiger partial charge >= 0.3 is 0 Å². The van der Waals surface area contributed by atoms with Crippen molar-refractivity contribution >= 4 is 5.78 Å². The van der Waals surface area contributed by atoms with Gasteiger partial charge in [0, 0.05) is 71.6 Å². The van der Waals surface area contributed by atoms with E-state index in [4.69, 9.17) is 42.6 Å². The number of aliphatic hydroxyl groups excluding tert-OH is 1. The molecule has 304 valence electrons. The largest absolute Gasteiger partial charge is 0.390 e. The molecule has 2 N–H and O–H groups in total. The number of fused-ring (bicyclic) bond motifs is 9. The number of hydrogen-bond acceptors (Lipinski definition) is 12. The Hall–Kier alpha value is -1.29. The average molecular weight is 760 g/mol. The van der Waals surface area contributed by atoms with E-state index in [2.05, 4.69) is 25.4 Å². The minimum absolute atomic E-state index is 0.00809. The van der Waals surface area contributed by atoms with E-state index in [-0.39, 0.29) is 91.1 Å². The van der Waals surface area contributed by atoms with Crippen molar-refractivity contribution in [2.24, 2.45) is 11.8 Å². The second-order valence-corrected chi connectivity index (χ2v) is 17.8. The molecule has 54 heavy (non-hydrogen) atoms. The molecule has 1 unspecified atom stereocenters. The summed E-state index contributed by atoms with van der Waals surface area (Å²) in [6, 6.07) is 0. The molecule has 0 saturated carbocycles. The standard InChI is InChI=1S/C42H65NO11/c1-22-13-26-7-9-32-23(2)14-28(48-32)11-12-42-20-31(45)40(54-42)37-19-38(53-42)41-33(51-37)10-8-27(50-41)15-25(44)16-30-35(18-34(49-26)24(22)3)52-36(39(30)47-6)17-29(46-5)21-43-4/h22,26-41,43,45H,2-3,7-21H2,1,4-6H3/t22-,26+,27-,28+,29+,30+,31-,32+,33+,34-,35+,36-,37?,38-,39-,40+,41+,42-/m1/s1. The summed E-state index contributed by atoms with van der Waals surface area (Å²) in [5.41, 5.74) is 2.21. The zero-order valence-corrected chi connectivity index (χ0v) is 32.9. The molecule has 8 saturated heterocycles. The number of likely N-dealkylation sites (N-methyl/N-ethyl adjacent to an activating group) is 1. The number of nitrogens with one attached hydrogen (secondary N) is 1. The number of Topliss-reactive ketones (excluding diaryl/α,β-unsaturated/α-hetero) is 1. The second kappa shape index (κ2) is 16.5. The molecule has 10 bridgehead atoms. The summed E-state index contributed by atoms with van der Waals surface area (Å²) < 4.78 is 59.3. The van der Waals surface area contributed by atoms with Crippen LogP contribution in [0.5, 0.6) is 0 Å². The molecule has 8 aliphatic rings. The van der Waals surface area contributed by atoms with Crippen LogP contribution in [0.2, 0.25) is 0 Å². The molecule has 1 spiro atoms. The Morgan fingerprint density at radius 1 is 0.833 bits per heavy atom. The molecule has 12 nitrogen and oxygen atoms in total. The van der Waals surface area contributed by atoms with Gasteiger partial charge in [-0.15, -0.1) is 0 Å². The first-order valence-electron chi connectivity index (χ1n) is 20.9. The molecule has 8 fully saturated rings.